The number of likely N-dealkylation sites (N-methyl/N-ethyl adjacent to an activating group) is 1. The van der Waals surface area contributed by atoms with Crippen LogP contribution in [-0.2, 0) is 14.3 Å². The van der Waals surface area contributed by atoms with Crippen LogP contribution in [0.5, 0.6) is 0 Å². The summed E-state index contributed by atoms with van der Waals surface area (Å²) in [7, 11) is 1.36. The lowest BCUT2D eigenvalue weighted by atomic mass is 9.98. The summed E-state index contributed by atoms with van der Waals surface area (Å²) in [6, 6.07) is 14.8. The number of carbonyl (C=O) groups is 2. The third-order valence-corrected chi connectivity index (χ3v) is 5.01. The van der Waals surface area contributed by atoms with Crippen LogP contribution in [0.3, 0.4) is 0 Å². The summed E-state index contributed by atoms with van der Waals surface area (Å²) in [5, 5.41) is 18.6. The summed E-state index contributed by atoms with van der Waals surface area (Å²) in [6.45, 7) is 1.40. The minimum Gasteiger partial charge on any atom is -0.480 e. The average Bonchev–Trinajstić information content (AvgIpc) is 3.02. The maximum atomic E-state index is 12.5. The molecule has 0 heterocycles. The molecule has 3 rings (SSSR count). The first-order valence-corrected chi connectivity index (χ1v) is 9.46. The molecule has 154 valence electrons. The Morgan fingerprint density at radius 3 is 2.10 bits per heavy atom. The number of nitrogens with zero attached hydrogens (tertiary/aromatic N) is 1. The Kier molecular flexibility index (Phi) is 6.51. The van der Waals surface area contributed by atoms with Crippen LogP contribution in [0.2, 0.25) is 0 Å². The molecule has 0 saturated heterocycles. The molecular formula is C22H25NO6. The monoisotopic (exact) mass is 399 g/mol. The Hall–Kier alpha value is -2.90. The zero-order valence-electron chi connectivity index (χ0n) is 16.4. The van der Waals surface area contributed by atoms with Crippen molar-refractivity contribution in [2.45, 2.75) is 25.0 Å². The Labute approximate surface area is 169 Å². The predicted octanol–water partition coefficient (Wildman–Crippen LogP) is 2.72. The fraction of sp³-hybridized carbons (Fsp3) is 0.364. The maximum Gasteiger partial charge on any atom is 0.410 e. The van der Waals surface area contributed by atoms with Crippen molar-refractivity contribution >= 4 is 12.1 Å². The van der Waals surface area contributed by atoms with E-state index in [9.17, 15) is 19.8 Å². The van der Waals surface area contributed by atoms with E-state index >= 15 is 0 Å². The third kappa shape index (κ3) is 4.58. The van der Waals surface area contributed by atoms with Crippen LogP contribution in [0.4, 0.5) is 4.79 Å². The van der Waals surface area contributed by atoms with Crippen molar-refractivity contribution in [1.82, 2.24) is 4.90 Å². The van der Waals surface area contributed by atoms with Crippen molar-refractivity contribution in [2.75, 3.05) is 26.9 Å². The smallest absolute Gasteiger partial charge is 0.410 e. The first-order valence-electron chi connectivity index (χ1n) is 9.46. The number of benzene rings is 2. The van der Waals surface area contributed by atoms with Gasteiger partial charge in [-0.25, -0.2) is 9.59 Å². The second kappa shape index (κ2) is 9.07. The molecular weight excluding hydrogens is 374 g/mol. The van der Waals surface area contributed by atoms with Gasteiger partial charge in [-0.3, -0.25) is 4.90 Å². The van der Waals surface area contributed by atoms with Crippen molar-refractivity contribution in [3.05, 3.63) is 59.7 Å². The van der Waals surface area contributed by atoms with E-state index in [0.717, 1.165) is 27.2 Å². The number of fused-ring (bicyclic) bond motifs is 3. The van der Waals surface area contributed by atoms with Crippen LogP contribution in [0.15, 0.2) is 48.5 Å². The summed E-state index contributed by atoms with van der Waals surface area (Å²) in [4.78, 5) is 25.0. The maximum absolute atomic E-state index is 12.5. The quantitative estimate of drug-likeness (QED) is 0.709. The van der Waals surface area contributed by atoms with Gasteiger partial charge >= 0.3 is 12.1 Å². The van der Waals surface area contributed by atoms with Crippen LogP contribution in [0, 0.1) is 0 Å². The normalized spacial score (nSPS) is 14.6. The summed E-state index contributed by atoms with van der Waals surface area (Å²) in [6.07, 6.45) is -1.45. The van der Waals surface area contributed by atoms with Crippen LogP contribution >= 0.6 is 0 Å². The van der Waals surface area contributed by atoms with Crippen molar-refractivity contribution in [3.63, 3.8) is 0 Å². The number of hydrogen-bond donors (Lipinski definition) is 2. The molecule has 2 N–H and O–H groups in total. The van der Waals surface area contributed by atoms with E-state index in [1.807, 2.05) is 48.5 Å². The van der Waals surface area contributed by atoms with E-state index in [2.05, 4.69) is 0 Å². The molecule has 2 aromatic carbocycles. The number of carbonyl (C=O) groups excluding carboxylic acids is 1. The molecule has 0 bridgehead atoms. The SMILES string of the molecule is CC(O)COC[C@@H](C(=O)O)N(C)C(=O)OCC1c2ccccc2-c2ccccc21. The Balaban J connectivity index is 1.67. The third-order valence-electron chi connectivity index (χ3n) is 5.01. The van der Waals surface area contributed by atoms with Gasteiger partial charge in [-0.2, -0.15) is 0 Å². The number of rotatable bonds is 8. The van der Waals surface area contributed by atoms with Gasteiger partial charge in [0, 0.05) is 13.0 Å². The van der Waals surface area contributed by atoms with E-state index in [1.165, 1.54) is 14.0 Å². The molecule has 2 aromatic rings. The van der Waals surface area contributed by atoms with Crippen LogP contribution in [0.1, 0.15) is 24.0 Å². The number of carboxylic acids is 1. The second-order valence-electron chi connectivity index (χ2n) is 7.16. The van der Waals surface area contributed by atoms with Crippen molar-refractivity contribution < 1.29 is 29.3 Å². The highest BCUT2D eigenvalue weighted by molar-refractivity contribution is 5.81. The highest BCUT2D eigenvalue weighted by Crippen LogP contribution is 2.44. The molecule has 7 nitrogen and oxygen atoms in total. The van der Waals surface area contributed by atoms with Gasteiger partial charge in [0.2, 0.25) is 0 Å². The molecule has 2 atom stereocenters. The Morgan fingerprint density at radius 1 is 1.03 bits per heavy atom. The van der Waals surface area contributed by atoms with Crippen LogP contribution in [-0.4, -0.2) is 66.2 Å². The topological polar surface area (TPSA) is 96.3 Å². The molecule has 1 aliphatic carbocycles. The summed E-state index contributed by atoms with van der Waals surface area (Å²) >= 11 is 0. The Bertz CT molecular complexity index is 836. The number of carboxylic acid groups (broad SMARTS) is 1. The number of ether oxygens (including phenoxy) is 2. The van der Waals surface area contributed by atoms with Gasteiger partial charge in [-0.15, -0.1) is 0 Å². The lowest BCUT2D eigenvalue weighted by Gasteiger charge is -2.25. The van der Waals surface area contributed by atoms with E-state index < -0.39 is 24.2 Å². The molecule has 7 heteroatoms. The van der Waals surface area contributed by atoms with E-state index in [4.69, 9.17) is 9.47 Å². The molecule has 29 heavy (non-hydrogen) atoms. The van der Waals surface area contributed by atoms with Gasteiger partial charge in [-0.05, 0) is 29.2 Å². The second-order valence-corrected chi connectivity index (χ2v) is 7.16. The molecule has 0 radical (unpaired) electrons. The minimum absolute atomic E-state index is 0.0116. The number of hydrogen-bond acceptors (Lipinski definition) is 5. The largest absolute Gasteiger partial charge is 0.480 e. The average molecular weight is 399 g/mol. The molecule has 0 spiro atoms. The Morgan fingerprint density at radius 2 is 1.59 bits per heavy atom. The molecule has 0 aliphatic heterocycles. The summed E-state index contributed by atoms with van der Waals surface area (Å²) in [5.74, 6) is -1.30. The molecule has 1 aliphatic rings. The lowest BCUT2D eigenvalue weighted by Crippen LogP contribution is -2.46. The van der Waals surface area contributed by atoms with Crippen molar-refractivity contribution in [1.29, 1.82) is 0 Å². The number of aliphatic carboxylic acids is 1. The molecule has 0 fully saturated rings. The van der Waals surface area contributed by atoms with Crippen molar-refractivity contribution in [3.8, 4) is 11.1 Å². The zero-order valence-corrected chi connectivity index (χ0v) is 16.4. The minimum atomic E-state index is -1.20. The first-order chi connectivity index (χ1) is 13.9. The van der Waals surface area contributed by atoms with Gasteiger partial charge in [-0.1, -0.05) is 48.5 Å². The predicted molar refractivity (Wildman–Crippen MR) is 107 cm³/mol. The lowest BCUT2D eigenvalue weighted by molar-refractivity contribution is -0.145. The summed E-state index contributed by atoms with van der Waals surface area (Å²) in [5.41, 5.74) is 4.40. The summed E-state index contributed by atoms with van der Waals surface area (Å²) < 4.78 is 10.7. The number of aliphatic hydroxyl groups excluding tert-OH is 1. The first kappa shape index (κ1) is 20.8. The van der Waals surface area contributed by atoms with Crippen LogP contribution < -0.4 is 0 Å². The van der Waals surface area contributed by atoms with Gasteiger partial charge in [0.1, 0.15) is 6.61 Å². The zero-order chi connectivity index (χ0) is 21.0. The van der Waals surface area contributed by atoms with Crippen molar-refractivity contribution in [2.24, 2.45) is 0 Å². The molecule has 0 aromatic heterocycles. The van der Waals surface area contributed by atoms with Gasteiger partial charge in [0.05, 0.1) is 19.3 Å². The molecule has 0 saturated carbocycles. The van der Waals surface area contributed by atoms with Gasteiger partial charge in [0.15, 0.2) is 6.04 Å². The van der Waals surface area contributed by atoms with Gasteiger partial charge < -0.3 is 19.7 Å². The fourth-order valence-corrected chi connectivity index (χ4v) is 3.52. The molecule has 1 amide bonds. The highest BCUT2D eigenvalue weighted by atomic mass is 16.6. The molecule has 1 unspecified atom stereocenters. The number of aliphatic hydroxyl groups is 1. The number of amides is 1. The van der Waals surface area contributed by atoms with E-state index in [1.54, 1.807) is 0 Å². The van der Waals surface area contributed by atoms with Gasteiger partial charge in [0.25, 0.3) is 0 Å². The standard InChI is InChI=1S/C22H25NO6/c1-14(24)11-28-13-20(21(25)26)23(2)22(27)29-12-19-17-9-5-3-7-15(17)16-8-4-6-10-18(16)19/h3-10,14,19-20,24H,11-13H2,1-2H3,(H,25,26)/t14?,20-/m0/s1. The fourth-order valence-electron chi connectivity index (χ4n) is 3.52. The van der Waals surface area contributed by atoms with E-state index in [-0.39, 0.29) is 25.7 Å². The van der Waals surface area contributed by atoms with Crippen LogP contribution in [0.25, 0.3) is 11.1 Å². The highest BCUT2D eigenvalue weighted by Gasteiger charge is 2.32. The van der Waals surface area contributed by atoms with E-state index in [0.29, 0.717) is 0 Å².